The van der Waals surface area contributed by atoms with Crippen LogP contribution < -0.4 is 0 Å². The molecule has 0 radical (unpaired) electrons. The number of nitrogens with zero attached hydrogens (tertiary/aromatic N) is 2. The summed E-state index contributed by atoms with van der Waals surface area (Å²) in [6, 6.07) is 19.6. The third-order valence-corrected chi connectivity index (χ3v) is 7.39. The van der Waals surface area contributed by atoms with Crippen molar-refractivity contribution in [3.8, 4) is 0 Å². The van der Waals surface area contributed by atoms with Gasteiger partial charge in [-0.25, -0.2) is 9.59 Å². The number of rotatable bonds is 19. The van der Waals surface area contributed by atoms with Crippen molar-refractivity contribution in [2.24, 2.45) is 5.92 Å². The van der Waals surface area contributed by atoms with Crippen LogP contribution >= 0.6 is 0 Å². The summed E-state index contributed by atoms with van der Waals surface area (Å²) in [5, 5.41) is 0. The molecule has 0 aliphatic heterocycles. The standard InChI is InChI=1S/C40H58N2O6/c1-32(29-36(44)25-15-17-28-42(38(46)48-40(5,6)7)31-34-22-12-9-13-23-34)19-18-26-35(43)24-14-16-27-41(37(45)47-39(2,3)4)30-33-20-10-8-11-21-33/h8-13,18,20-23,26,32H,14-17,19,24-25,27-31H2,1-7H3/b26-18+/t32-/m0/s1. The molecule has 0 unspecified atom stereocenters. The van der Waals surface area contributed by atoms with Gasteiger partial charge in [-0.3, -0.25) is 9.59 Å². The van der Waals surface area contributed by atoms with E-state index >= 15 is 0 Å². The van der Waals surface area contributed by atoms with E-state index in [2.05, 4.69) is 0 Å². The third kappa shape index (κ3) is 18.4. The van der Waals surface area contributed by atoms with Gasteiger partial charge >= 0.3 is 12.2 Å². The predicted molar refractivity (Wildman–Crippen MR) is 191 cm³/mol. The Morgan fingerprint density at radius 2 is 1.10 bits per heavy atom. The summed E-state index contributed by atoms with van der Waals surface area (Å²) in [5.41, 5.74) is 0.898. The van der Waals surface area contributed by atoms with Crippen molar-refractivity contribution in [3.05, 3.63) is 83.9 Å². The second-order valence-corrected chi connectivity index (χ2v) is 14.6. The summed E-state index contributed by atoms with van der Waals surface area (Å²) in [7, 11) is 0. The van der Waals surface area contributed by atoms with Gasteiger partial charge < -0.3 is 19.3 Å². The molecule has 2 aromatic rings. The Labute approximate surface area is 288 Å². The highest BCUT2D eigenvalue weighted by Gasteiger charge is 2.23. The molecular weight excluding hydrogens is 604 g/mol. The minimum atomic E-state index is -0.581. The van der Waals surface area contributed by atoms with Crippen LogP contribution in [0.5, 0.6) is 0 Å². The van der Waals surface area contributed by atoms with Crippen molar-refractivity contribution < 1.29 is 28.7 Å². The molecule has 1 atom stereocenters. The zero-order valence-corrected chi connectivity index (χ0v) is 30.3. The molecule has 8 heteroatoms. The molecule has 0 saturated carbocycles. The number of amides is 2. The summed E-state index contributed by atoms with van der Waals surface area (Å²) in [4.78, 5) is 54.1. The van der Waals surface area contributed by atoms with Crippen molar-refractivity contribution >= 4 is 23.8 Å². The van der Waals surface area contributed by atoms with Gasteiger partial charge in [0.1, 0.15) is 17.0 Å². The van der Waals surface area contributed by atoms with Gasteiger partial charge in [-0.2, -0.15) is 0 Å². The Kier molecular flexibility index (Phi) is 17.1. The molecule has 48 heavy (non-hydrogen) atoms. The number of carbonyl (C=O) groups excluding carboxylic acids is 4. The van der Waals surface area contributed by atoms with Crippen LogP contribution in [0.1, 0.15) is 111 Å². The first-order valence-corrected chi connectivity index (χ1v) is 17.4. The third-order valence-electron chi connectivity index (χ3n) is 7.39. The van der Waals surface area contributed by atoms with Gasteiger partial charge in [0.15, 0.2) is 5.78 Å². The van der Waals surface area contributed by atoms with Crippen LogP contribution in [0.3, 0.4) is 0 Å². The van der Waals surface area contributed by atoms with Gasteiger partial charge in [-0.1, -0.05) is 73.7 Å². The molecule has 2 amide bonds. The van der Waals surface area contributed by atoms with Gasteiger partial charge in [-0.15, -0.1) is 0 Å². The normalized spacial score (nSPS) is 12.4. The zero-order chi connectivity index (χ0) is 35.6. The summed E-state index contributed by atoms with van der Waals surface area (Å²) in [6.07, 6.45) is 7.54. The van der Waals surface area contributed by atoms with E-state index < -0.39 is 11.2 Å². The number of unbranched alkanes of at least 4 members (excludes halogenated alkanes) is 2. The summed E-state index contributed by atoms with van der Waals surface area (Å²) >= 11 is 0. The van der Waals surface area contributed by atoms with Gasteiger partial charge in [0, 0.05) is 45.4 Å². The first kappa shape index (κ1) is 40.2. The summed E-state index contributed by atoms with van der Waals surface area (Å²) in [6.45, 7) is 15.1. The average molecular weight is 663 g/mol. The van der Waals surface area contributed by atoms with Crippen LogP contribution in [-0.2, 0) is 32.2 Å². The van der Waals surface area contributed by atoms with Crippen molar-refractivity contribution in [1.82, 2.24) is 9.80 Å². The lowest BCUT2D eigenvalue weighted by molar-refractivity contribution is -0.120. The van der Waals surface area contributed by atoms with E-state index in [1.165, 1.54) is 0 Å². The molecule has 0 fully saturated rings. The molecule has 264 valence electrons. The fourth-order valence-electron chi connectivity index (χ4n) is 5.05. The quantitative estimate of drug-likeness (QED) is 0.110. The molecule has 0 bridgehead atoms. The molecule has 0 spiro atoms. The highest BCUT2D eigenvalue weighted by Crippen LogP contribution is 2.17. The van der Waals surface area contributed by atoms with Crippen LogP contribution in [-0.4, -0.2) is 57.8 Å². The number of hydrogen-bond acceptors (Lipinski definition) is 6. The molecule has 0 aromatic heterocycles. The SMILES string of the molecule is C[C@@H](C/C=C/C(=O)CCCCN(Cc1ccccc1)C(=O)OC(C)(C)C)CC(=O)CCCCN(Cc1ccccc1)C(=O)OC(C)(C)C. The number of benzene rings is 2. The Bertz CT molecular complexity index is 1290. The minimum Gasteiger partial charge on any atom is -0.444 e. The molecule has 2 aromatic carbocycles. The van der Waals surface area contributed by atoms with E-state index in [9.17, 15) is 19.2 Å². The van der Waals surface area contributed by atoms with E-state index in [4.69, 9.17) is 9.47 Å². The predicted octanol–water partition coefficient (Wildman–Crippen LogP) is 9.31. The molecule has 0 saturated heterocycles. The first-order valence-electron chi connectivity index (χ1n) is 17.4. The first-order chi connectivity index (χ1) is 22.6. The van der Waals surface area contributed by atoms with Gasteiger partial charge in [0.25, 0.3) is 0 Å². The number of carbonyl (C=O) groups is 4. The van der Waals surface area contributed by atoms with Crippen molar-refractivity contribution in [2.45, 2.75) is 124 Å². The number of allylic oxidation sites excluding steroid dienone is 2. The van der Waals surface area contributed by atoms with Crippen molar-refractivity contribution in [3.63, 3.8) is 0 Å². The van der Waals surface area contributed by atoms with Crippen LogP contribution in [0.15, 0.2) is 72.8 Å². The fourth-order valence-corrected chi connectivity index (χ4v) is 5.05. The maximum Gasteiger partial charge on any atom is 0.410 e. The van der Waals surface area contributed by atoms with E-state index in [-0.39, 0.29) is 29.7 Å². The minimum absolute atomic E-state index is 0.0467. The van der Waals surface area contributed by atoms with Crippen LogP contribution in [0.25, 0.3) is 0 Å². The molecular formula is C40H58N2O6. The second-order valence-electron chi connectivity index (χ2n) is 14.6. The van der Waals surface area contributed by atoms with Crippen molar-refractivity contribution in [2.75, 3.05) is 13.1 Å². The molecule has 0 aliphatic carbocycles. The number of hydrogen-bond donors (Lipinski definition) is 0. The Hall–Kier alpha value is -3.94. The smallest absolute Gasteiger partial charge is 0.410 e. The highest BCUT2D eigenvalue weighted by molar-refractivity contribution is 5.89. The number of Topliss-reactive ketones (excluding diaryl/α,β-unsaturated/α-hetero) is 1. The topological polar surface area (TPSA) is 93.2 Å². The Balaban J connectivity index is 1.70. The largest absolute Gasteiger partial charge is 0.444 e. The van der Waals surface area contributed by atoms with E-state index in [0.717, 1.165) is 11.1 Å². The summed E-state index contributed by atoms with van der Waals surface area (Å²) in [5.74, 6) is 0.378. The van der Waals surface area contributed by atoms with Gasteiger partial charge in [-0.05, 0) is 96.8 Å². The monoisotopic (exact) mass is 662 g/mol. The van der Waals surface area contributed by atoms with E-state index in [1.807, 2.05) is 115 Å². The molecule has 0 aliphatic rings. The van der Waals surface area contributed by atoms with Crippen LogP contribution in [0.4, 0.5) is 9.59 Å². The van der Waals surface area contributed by atoms with Gasteiger partial charge in [0.05, 0.1) is 0 Å². The van der Waals surface area contributed by atoms with Crippen LogP contribution in [0.2, 0.25) is 0 Å². The maximum atomic E-state index is 12.8. The van der Waals surface area contributed by atoms with Crippen molar-refractivity contribution in [1.29, 1.82) is 0 Å². The molecule has 0 N–H and O–H groups in total. The lowest BCUT2D eigenvalue weighted by Crippen LogP contribution is -2.37. The Morgan fingerprint density at radius 1 is 0.667 bits per heavy atom. The summed E-state index contributed by atoms with van der Waals surface area (Å²) < 4.78 is 11.2. The van der Waals surface area contributed by atoms with E-state index in [0.29, 0.717) is 77.5 Å². The zero-order valence-electron chi connectivity index (χ0n) is 30.3. The lowest BCUT2D eigenvalue weighted by Gasteiger charge is -2.27. The maximum absolute atomic E-state index is 12.8. The molecule has 8 nitrogen and oxygen atoms in total. The van der Waals surface area contributed by atoms with Gasteiger partial charge in [0.2, 0.25) is 0 Å². The average Bonchev–Trinajstić information content (AvgIpc) is 2.99. The Morgan fingerprint density at radius 3 is 1.54 bits per heavy atom. The number of ketones is 2. The lowest BCUT2D eigenvalue weighted by atomic mass is 9.98. The van der Waals surface area contributed by atoms with Crippen LogP contribution in [0, 0.1) is 5.92 Å². The number of ether oxygens (including phenoxy) is 2. The molecule has 0 heterocycles. The second kappa shape index (κ2) is 20.4. The molecule has 2 rings (SSSR count). The highest BCUT2D eigenvalue weighted by atomic mass is 16.6. The van der Waals surface area contributed by atoms with E-state index in [1.54, 1.807) is 15.9 Å². The fraction of sp³-hybridized carbons (Fsp3) is 0.550.